The number of carbonyl (C=O) groups is 1. The number of hydrogen-bond acceptors (Lipinski definition) is 6. The molecule has 0 unspecified atom stereocenters. The van der Waals surface area contributed by atoms with E-state index in [2.05, 4.69) is 20.4 Å². The van der Waals surface area contributed by atoms with Crippen molar-refractivity contribution < 1.29 is 9.53 Å². The smallest absolute Gasteiger partial charge is 0.241 e. The van der Waals surface area contributed by atoms with Gasteiger partial charge < -0.3 is 15.8 Å². The molecule has 2 aromatic heterocycles. The van der Waals surface area contributed by atoms with E-state index in [1.165, 1.54) is 0 Å². The lowest BCUT2D eigenvalue weighted by Crippen LogP contribution is -2.31. The first-order valence-electron chi connectivity index (χ1n) is 9.19. The number of nitrogens with two attached hydrogens (primary N) is 1. The van der Waals surface area contributed by atoms with E-state index in [4.69, 9.17) is 10.5 Å². The van der Waals surface area contributed by atoms with Gasteiger partial charge in [-0.25, -0.2) is 9.67 Å². The van der Waals surface area contributed by atoms with Crippen molar-refractivity contribution in [1.29, 1.82) is 0 Å². The topological polar surface area (TPSA) is 108 Å². The van der Waals surface area contributed by atoms with E-state index in [1.54, 1.807) is 17.1 Å². The largest absolute Gasteiger partial charge is 0.492 e. The number of pyridine rings is 1. The average Bonchev–Trinajstić information content (AvgIpc) is 3.13. The predicted octanol–water partition coefficient (Wildman–Crippen LogP) is 2.79. The third kappa shape index (κ3) is 7.29. The first-order valence-corrected chi connectivity index (χ1v) is 9.19. The molecule has 0 bridgehead atoms. The van der Waals surface area contributed by atoms with Crippen LogP contribution in [0.1, 0.15) is 25.2 Å². The summed E-state index contributed by atoms with van der Waals surface area (Å²) in [6, 6.07) is 12.9. The Kier molecular flexibility index (Phi) is 10.8. The van der Waals surface area contributed by atoms with Gasteiger partial charge in [-0.3, -0.25) is 9.78 Å². The van der Waals surface area contributed by atoms with Crippen molar-refractivity contribution >= 4 is 30.7 Å². The molecule has 1 aromatic carbocycles. The minimum atomic E-state index is -0.328. The van der Waals surface area contributed by atoms with Gasteiger partial charge >= 0.3 is 0 Å². The highest BCUT2D eigenvalue weighted by Crippen LogP contribution is 2.17. The summed E-state index contributed by atoms with van der Waals surface area (Å²) < 4.78 is 7.12. The molecule has 0 saturated heterocycles. The zero-order valence-electron chi connectivity index (χ0n) is 16.6. The quantitative estimate of drug-likeness (QED) is 0.483. The molecule has 0 aliphatic rings. The first-order chi connectivity index (χ1) is 13.6. The fraction of sp³-hybridized carbons (Fsp3) is 0.300. The average molecular weight is 453 g/mol. The number of halogens is 2. The number of amides is 1. The molecule has 0 saturated carbocycles. The summed E-state index contributed by atoms with van der Waals surface area (Å²) in [5.74, 6) is 1.71. The van der Waals surface area contributed by atoms with E-state index >= 15 is 0 Å². The predicted molar refractivity (Wildman–Crippen MR) is 120 cm³/mol. The molecule has 3 rings (SSSR count). The Morgan fingerprint density at radius 3 is 2.63 bits per heavy atom. The van der Waals surface area contributed by atoms with Gasteiger partial charge in [0.25, 0.3) is 0 Å². The molecule has 0 spiro atoms. The Labute approximate surface area is 188 Å². The molecule has 0 radical (unpaired) electrons. The Balaban J connectivity index is 0.00000225. The van der Waals surface area contributed by atoms with Gasteiger partial charge in [0.1, 0.15) is 18.1 Å². The maximum atomic E-state index is 12.3. The van der Waals surface area contributed by atoms with Crippen molar-refractivity contribution in [2.45, 2.75) is 25.9 Å². The van der Waals surface area contributed by atoms with Crippen molar-refractivity contribution in [3.05, 3.63) is 60.7 Å². The van der Waals surface area contributed by atoms with Gasteiger partial charge in [-0.1, -0.05) is 30.3 Å². The van der Waals surface area contributed by atoms with Crippen LogP contribution >= 0.6 is 24.8 Å². The third-order valence-corrected chi connectivity index (χ3v) is 3.98. The molecule has 1 amide bonds. The standard InChI is InChI=1S/C20H24N6O2.2ClH/c1-15(21)20-24-19(16-7-3-2-4-8-16)25-26(20)14-18(27)23-11-6-12-28-17-9-5-10-22-13-17;;/h2-5,7-10,13,15H,6,11-12,14,21H2,1H3,(H,23,27);2*1H/t15-;;/m0../s1. The molecule has 3 aromatic rings. The summed E-state index contributed by atoms with van der Waals surface area (Å²) in [5.41, 5.74) is 6.89. The molecular weight excluding hydrogens is 427 g/mol. The van der Waals surface area contributed by atoms with Gasteiger partial charge in [0.15, 0.2) is 5.82 Å². The molecule has 162 valence electrons. The lowest BCUT2D eigenvalue weighted by atomic mass is 10.2. The fourth-order valence-corrected chi connectivity index (χ4v) is 2.63. The van der Waals surface area contributed by atoms with E-state index in [1.807, 2.05) is 49.4 Å². The maximum absolute atomic E-state index is 12.3. The normalized spacial score (nSPS) is 11.0. The molecule has 2 heterocycles. The van der Waals surface area contributed by atoms with Crippen LogP contribution in [0, 0.1) is 0 Å². The van der Waals surface area contributed by atoms with Crippen LogP contribution in [0.15, 0.2) is 54.9 Å². The Hall–Kier alpha value is -2.68. The number of carbonyl (C=O) groups excluding carboxylic acids is 1. The number of ether oxygens (including phenoxy) is 1. The van der Waals surface area contributed by atoms with Crippen molar-refractivity contribution in [2.75, 3.05) is 13.2 Å². The van der Waals surface area contributed by atoms with Gasteiger partial charge in [0.05, 0.1) is 18.8 Å². The summed E-state index contributed by atoms with van der Waals surface area (Å²) in [6.45, 7) is 2.90. The minimum Gasteiger partial charge on any atom is -0.492 e. The second kappa shape index (κ2) is 12.8. The highest BCUT2D eigenvalue weighted by Gasteiger charge is 2.16. The third-order valence-electron chi connectivity index (χ3n) is 3.98. The second-order valence-electron chi connectivity index (χ2n) is 6.35. The van der Waals surface area contributed by atoms with Crippen LogP contribution in [0.5, 0.6) is 5.75 Å². The summed E-state index contributed by atoms with van der Waals surface area (Å²) in [5, 5.41) is 7.33. The van der Waals surface area contributed by atoms with Crippen molar-refractivity contribution in [3.63, 3.8) is 0 Å². The van der Waals surface area contributed by atoms with Gasteiger partial charge in [-0.05, 0) is 25.5 Å². The van der Waals surface area contributed by atoms with Crippen LogP contribution in [0.2, 0.25) is 0 Å². The van der Waals surface area contributed by atoms with Crippen LogP contribution < -0.4 is 15.8 Å². The number of benzene rings is 1. The SMILES string of the molecule is C[C@H](N)c1nc(-c2ccccc2)nn1CC(=O)NCCCOc1cccnc1.Cl.Cl. The number of nitrogens with zero attached hydrogens (tertiary/aromatic N) is 4. The van der Waals surface area contributed by atoms with Crippen molar-refractivity contribution in [1.82, 2.24) is 25.1 Å². The summed E-state index contributed by atoms with van der Waals surface area (Å²) in [7, 11) is 0. The molecular formula is C20H26Cl2N6O2. The summed E-state index contributed by atoms with van der Waals surface area (Å²) >= 11 is 0. The van der Waals surface area contributed by atoms with E-state index < -0.39 is 0 Å². The van der Waals surface area contributed by atoms with Crippen LogP contribution in [-0.2, 0) is 11.3 Å². The molecule has 8 nitrogen and oxygen atoms in total. The van der Waals surface area contributed by atoms with Gasteiger partial charge in [0, 0.05) is 18.3 Å². The molecule has 0 fully saturated rings. The molecule has 3 N–H and O–H groups in total. The summed E-state index contributed by atoms with van der Waals surface area (Å²) in [4.78, 5) is 20.8. The molecule has 0 aliphatic carbocycles. The van der Waals surface area contributed by atoms with Gasteiger partial charge in [0.2, 0.25) is 5.91 Å². The van der Waals surface area contributed by atoms with E-state index in [-0.39, 0.29) is 43.3 Å². The van der Waals surface area contributed by atoms with E-state index in [0.29, 0.717) is 37.0 Å². The Morgan fingerprint density at radius 1 is 1.20 bits per heavy atom. The van der Waals surface area contributed by atoms with Crippen LogP contribution in [0.4, 0.5) is 0 Å². The lowest BCUT2D eigenvalue weighted by Gasteiger charge is -2.09. The molecule has 10 heteroatoms. The molecule has 0 aliphatic heterocycles. The van der Waals surface area contributed by atoms with Crippen LogP contribution in [-0.4, -0.2) is 38.8 Å². The monoisotopic (exact) mass is 452 g/mol. The highest BCUT2D eigenvalue weighted by atomic mass is 35.5. The Morgan fingerprint density at radius 2 is 1.97 bits per heavy atom. The highest BCUT2D eigenvalue weighted by molar-refractivity contribution is 5.85. The van der Waals surface area contributed by atoms with Gasteiger partial charge in [-0.15, -0.1) is 24.8 Å². The number of nitrogens with one attached hydrogen (secondary N) is 1. The van der Waals surface area contributed by atoms with Crippen LogP contribution in [0.25, 0.3) is 11.4 Å². The first kappa shape index (κ1) is 25.4. The number of rotatable bonds is 9. The zero-order valence-corrected chi connectivity index (χ0v) is 18.2. The second-order valence-corrected chi connectivity index (χ2v) is 6.35. The summed E-state index contributed by atoms with van der Waals surface area (Å²) in [6.07, 6.45) is 4.04. The molecule has 30 heavy (non-hydrogen) atoms. The Bertz CT molecular complexity index is 891. The van der Waals surface area contributed by atoms with Crippen molar-refractivity contribution in [3.8, 4) is 17.1 Å². The minimum absolute atomic E-state index is 0. The molecule has 1 atom stereocenters. The lowest BCUT2D eigenvalue weighted by molar-refractivity contribution is -0.121. The maximum Gasteiger partial charge on any atom is 0.241 e. The van der Waals surface area contributed by atoms with Gasteiger partial charge in [-0.2, -0.15) is 5.10 Å². The zero-order chi connectivity index (χ0) is 19.8. The number of hydrogen-bond donors (Lipinski definition) is 2. The van der Waals surface area contributed by atoms with Crippen molar-refractivity contribution in [2.24, 2.45) is 5.73 Å². The van der Waals surface area contributed by atoms with E-state index in [9.17, 15) is 4.79 Å². The number of aromatic nitrogens is 4. The van der Waals surface area contributed by atoms with E-state index in [0.717, 1.165) is 5.56 Å². The van der Waals surface area contributed by atoms with Crippen LogP contribution in [0.3, 0.4) is 0 Å². The fourth-order valence-electron chi connectivity index (χ4n) is 2.63.